The van der Waals surface area contributed by atoms with E-state index in [1.54, 1.807) is 17.2 Å². The van der Waals surface area contributed by atoms with Gasteiger partial charge in [-0.2, -0.15) is 13.2 Å². The van der Waals surface area contributed by atoms with Crippen LogP contribution in [0.25, 0.3) is 6.08 Å². The summed E-state index contributed by atoms with van der Waals surface area (Å²) in [5.74, 6) is -1.12. The number of H-pyrrole nitrogens is 1. The van der Waals surface area contributed by atoms with Crippen molar-refractivity contribution in [3.8, 4) is 0 Å². The maximum Gasteiger partial charge on any atom is 0.416 e. The van der Waals surface area contributed by atoms with Crippen LogP contribution in [0.15, 0.2) is 42.9 Å². The molecule has 1 N–H and O–H groups in total. The number of benzene rings is 1. The number of carbonyl (C=O) groups excluding carboxylic acids is 2. The maximum atomic E-state index is 12.9. The van der Waals surface area contributed by atoms with Crippen LogP contribution in [0.4, 0.5) is 13.2 Å². The second kappa shape index (κ2) is 7.77. The molecule has 1 aliphatic heterocycles. The van der Waals surface area contributed by atoms with Crippen LogP contribution >= 0.6 is 0 Å². The number of aromatic amines is 1. The summed E-state index contributed by atoms with van der Waals surface area (Å²) < 4.78 is 38.6. The van der Waals surface area contributed by atoms with Gasteiger partial charge in [-0.15, -0.1) is 0 Å². The predicted octanol–water partition coefficient (Wildman–Crippen LogP) is 3.56. The van der Waals surface area contributed by atoms with Crippen LogP contribution in [0.3, 0.4) is 0 Å². The SMILES string of the molecule is O=C(c1cccc(C(F)(F)F)c1)C1CCCN(C(=O)C=Cc2cnc[nH]2)C1. The van der Waals surface area contributed by atoms with Gasteiger partial charge in [-0.25, -0.2) is 4.98 Å². The van der Waals surface area contributed by atoms with Crippen molar-refractivity contribution in [2.24, 2.45) is 5.92 Å². The predicted molar refractivity (Wildman–Crippen MR) is 92.7 cm³/mol. The molecule has 1 unspecified atom stereocenters. The normalized spacial score (nSPS) is 18.0. The standard InChI is InChI=1S/C19H18F3N3O2/c20-19(21,22)15-5-1-3-13(9-15)18(27)14-4-2-8-25(11-14)17(26)7-6-16-10-23-12-24-16/h1,3,5-7,9-10,12,14H,2,4,8,11H2,(H,23,24). The van der Waals surface area contributed by atoms with Gasteiger partial charge in [0, 0.05) is 30.6 Å². The molecule has 1 aromatic heterocycles. The van der Waals surface area contributed by atoms with Crippen LogP contribution in [-0.4, -0.2) is 39.6 Å². The molecule has 1 aliphatic rings. The molecule has 8 heteroatoms. The first kappa shape index (κ1) is 18.9. The van der Waals surface area contributed by atoms with Crippen molar-refractivity contribution in [3.63, 3.8) is 0 Å². The highest BCUT2D eigenvalue weighted by Crippen LogP contribution is 2.30. The Morgan fingerprint density at radius 3 is 2.81 bits per heavy atom. The molecule has 1 atom stereocenters. The van der Waals surface area contributed by atoms with E-state index < -0.39 is 17.7 Å². The van der Waals surface area contributed by atoms with Gasteiger partial charge in [0.15, 0.2) is 5.78 Å². The Balaban J connectivity index is 1.68. The fraction of sp³-hybridized carbons (Fsp3) is 0.316. The van der Waals surface area contributed by atoms with Gasteiger partial charge in [0.05, 0.1) is 23.8 Å². The second-order valence-electron chi connectivity index (χ2n) is 6.41. The third-order valence-electron chi connectivity index (χ3n) is 4.50. The monoisotopic (exact) mass is 377 g/mol. The minimum Gasteiger partial charge on any atom is -0.345 e. The van der Waals surface area contributed by atoms with E-state index in [0.717, 1.165) is 12.1 Å². The number of hydrogen-bond donors (Lipinski definition) is 1. The summed E-state index contributed by atoms with van der Waals surface area (Å²) >= 11 is 0. The molecule has 0 radical (unpaired) electrons. The molecule has 3 rings (SSSR count). The molecular formula is C19H18F3N3O2. The number of alkyl halides is 3. The fourth-order valence-corrected chi connectivity index (χ4v) is 3.10. The summed E-state index contributed by atoms with van der Waals surface area (Å²) in [4.78, 5) is 33.2. The van der Waals surface area contributed by atoms with Crippen LogP contribution in [-0.2, 0) is 11.0 Å². The van der Waals surface area contributed by atoms with Crippen molar-refractivity contribution in [1.29, 1.82) is 0 Å². The largest absolute Gasteiger partial charge is 0.416 e. The van der Waals surface area contributed by atoms with Crippen molar-refractivity contribution in [2.45, 2.75) is 19.0 Å². The number of aromatic nitrogens is 2. The van der Waals surface area contributed by atoms with Crippen molar-refractivity contribution in [3.05, 3.63) is 59.7 Å². The number of carbonyl (C=O) groups is 2. The number of amides is 1. The number of halogens is 3. The Labute approximate surface area is 153 Å². The highest BCUT2D eigenvalue weighted by atomic mass is 19.4. The van der Waals surface area contributed by atoms with Crippen molar-refractivity contribution in [2.75, 3.05) is 13.1 Å². The van der Waals surface area contributed by atoms with E-state index in [-0.39, 0.29) is 23.8 Å². The summed E-state index contributed by atoms with van der Waals surface area (Å²) in [7, 11) is 0. The number of likely N-dealkylation sites (tertiary alicyclic amines) is 1. The number of ketones is 1. The fourth-order valence-electron chi connectivity index (χ4n) is 3.10. The zero-order valence-corrected chi connectivity index (χ0v) is 14.4. The first-order valence-corrected chi connectivity index (χ1v) is 8.51. The molecule has 1 saturated heterocycles. The molecule has 142 valence electrons. The third kappa shape index (κ3) is 4.64. The van der Waals surface area contributed by atoms with E-state index in [1.807, 2.05) is 0 Å². The molecule has 27 heavy (non-hydrogen) atoms. The molecule has 5 nitrogen and oxygen atoms in total. The van der Waals surface area contributed by atoms with Gasteiger partial charge in [0.2, 0.25) is 5.91 Å². The minimum absolute atomic E-state index is 0.0251. The van der Waals surface area contributed by atoms with Gasteiger partial charge in [0.1, 0.15) is 0 Å². The summed E-state index contributed by atoms with van der Waals surface area (Å²) in [6, 6.07) is 4.43. The number of nitrogens with zero attached hydrogens (tertiary/aromatic N) is 2. The first-order valence-electron chi connectivity index (χ1n) is 8.51. The first-order chi connectivity index (χ1) is 12.8. The van der Waals surface area contributed by atoms with E-state index in [0.29, 0.717) is 25.1 Å². The van der Waals surface area contributed by atoms with Gasteiger partial charge < -0.3 is 9.88 Å². The Morgan fingerprint density at radius 2 is 2.11 bits per heavy atom. The van der Waals surface area contributed by atoms with Gasteiger partial charge in [-0.3, -0.25) is 9.59 Å². The quantitative estimate of drug-likeness (QED) is 0.654. The molecule has 0 saturated carbocycles. The van der Waals surface area contributed by atoms with Crippen LogP contribution in [0, 0.1) is 5.92 Å². The molecule has 0 aliphatic carbocycles. The molecule has 1 aromatic carbocycles. The van der Waals surface area contributed by atoms with Crippen LogP contribution in [0.2, 0.25) is 0 Å². The maximum absolute atomic E-state index is 12.9. The van der Waals surface area contributed by atoms with E-state index >= 15 is 0 Å². The Bertz CT molecular complexity index is 844. The molecule has 0 bridgehead atoms. The molecule has 1 amide bonds. The number of hydrogen-bond acceptors (Lipinski definition) is 3. The van der Waals surface area contributed by atoms with Crippen LogP contribution in [0.5, 0.6) is 0 Å². The average Bonchev–Trinajstić information content (AvgIpc) is 3.18. The van der Waals surface area contributed by atoms with Crippen LogP contribution < -0.4 is 0 Å². The van der Waals surface area contributed by atoms with Crippen LogP contribution in [0.1, 0.15) is 34.5 Å². The second-order valence-corrected chi connectivity index (χ2v) is 6.41. The van der Waals surface area contributed by atoms with Gasteiger partial charge in [-0.05, 0) is 31.1 Å². The zero-order chi connectivity index (χ0) is 19.4. The lowest BCUT2D eigenvalue weighted by Gasteiger charge is -2.31. The highest BCUT2D eigenvalue weighted by molar-refractivity contribution is 5.99. The number of rotatable bonds is 4. The van der Waals surface area contributed by atoms with E-state index in [2.05, 4.69) is 9.97 Å². The molecule has 2 heterocycles. The van der Waals surface area contributed by atoms with Crippen molar-refractivity contribution in [1.82, 2.24) is 14.9 Å². The number of nitrogens with one attached hydrogen (secondary N) is 1. The Morgan fingerprint density at radius 1 is 1.30 bits per heavy atom. The average molecular weight is 377 g/mol. The van der Waals surface area contributed by atoms with Gasteiger partial charge in [0.25, 0.3) is 0 Å². The van der Waals surface area contributed by atoms with Crippen molar-refractivity contribution < 1.29 is 22.8 Å². The lowest BCUT2D eigenvalue weighted by atomic mass is 9.89. The topological polar surface area (TPSA) is 66.1 Å². The summed E-state index contributed by atoms with van der Waals surface area (Å²) in [5.41, 5.74) is -0.145. The summed E-state index contributed by atoms with van der Waals surface area (Å²) in [6.45, 7) is 0.708. The molecule has 1 fully saturated rings. The van der Waals surface area contributed by atoms with E-state index in [4.69, 9.17) is 0 Å². The van der Waals surface area contributed by atoms with Gasteiger partial charge in [-0.1, -0.05) is 12.1 Å². The van der Waals surface area contributed by atoms with Crippen molar-refractivity contribution >= 4 is 17.8 Å². The lowest BCUT2D eigenvalue weighted by Crippen LogP contribution is -2.41. The lowest BCUT2D eigenvalue weighted by molar-refractivity contribution is -0.137. The van der Waals surface area contributed by atoms with E-state index in [9.17, 15) is 22.8 Å². The Hall–Kier alpha value is -2.90. The third-order valence-corrected chi connectivity index (χ3v) is 4.50. The number of imidazole rings is 1. The Kier molecular flexibility index (Phi) is 5.43. The number of Topliss-reactive ketones (excluding diaryl/α,β-unsaturated/α-hetero) is 1. The highest BCUT2D eigenvalue weighted by Gasteiger charge is 2.33. The number of piperidine rings is 1. The smallest absolute Gasteiger partial charge is 0.345 e. The molecule has 2 aromatic rings. The summed E-state index contributed by atoms with van der Waals surface area (Å²) in [6.07, 6.45) is 2.72. The van der Waals surface area contributed by atoms with E-state index in [1.165, 1.54) is 24.5 Å². The molecular weight excluding hydrogens is 359 g/mol. The summed E-state index contributed by atoms with van der Waals surface area (Å²) in [5, 5.41) is 0. The minimum atomic E-state index is -4.50. The zero-order valence-electron chi connectivity index (χ0n) is 14.4. The van der Waals surface area contributed by atoms with Gasteiger partial charge >= 0.3 is 6.18 Å². The molecule has 0 spiro atoms.